The largest absolute Gasteiger partial charge is 0.493 e. The van der Waals surface area contributed by atoms with Crippen molar-refractivity contribution in [1.82, 2.24) is 5.32 Å². The van der Waals surface area contributed by atoms with Gasteiger partial charge >= 0.3 is 0 Å². The van der Waals surface area contributed by atoms with Gasteiger partial charge in [-0.3, -0.25) is 0 Å². The summed E-state index contributed by atoms with van der Waals surface area (Å²) in [5.74, 6) is 2.20. The summed E-state index contributed by atoms with van der Waals surface area (Å²) in [7, 11) is 1.67. The minimum Gasteiger partial charge on any atom is -0.493 e. The van der Waals surface area contributed by atoms with Gasteiger partial charge in [0, 0.05) is 18.1 Å². The van der Waals surface area contributed by atoms with Crippen LogP contribution in [-0.2, 0) is 13.1 Å². The Kier molecular flexibility index (Phi) is 7.41. The van der Waals surface area contributed by atoms with Gasteiger partial charge in [0.25, 0.3) is 0 Å². The van der Waals surface area contributed by atoms with Crippen LogP contribution in [0.15, 0.2) is 42.5 Å². The second kappa shape index (κ2) is 9.55. The lowest BCUT2D eigenvalue weighted by Crippen LogP contribution is -2.13. The topological polar surface area (TPSA) is 30.5 Å². The van der Waals surface area contributed by atoms with Gasteiger partial charge in [-0.05, 0) is 41.7 Å². The van der Waals surface area contributed by atoms with Crippen LogP contribution in [0.5, 0.6) is 11.5 Å². The van der Waals surface area contributed by atoms with Crippen molar-refractivity contribution in [3.05, 3.63) is 58.6 Å². The summed E-state index contributed by atoms with van der Waals surface area (Å²) >= 11 is 6.17. The molecule has 0 saturated carbocycles. The van der Waals surface area contributed by atoms with Gasteiger partial charge in [-0.25, -0.2) is 0 Å². The van der Waals surface area contributed by atoms with Crippen LogP contribution < -0.4 is 14.8 Å². The molecule has 0 aliphatic rings. The molecule has 0 unspecified atom stereocenters. The smallest absolute Gasteiger partial charge is 0.161 e. The van der Waals surface area contributed by atoms with E-state index in [1.54, 1.807) is 7.11 Å². The average Bonchev–Trinajstić information content (AvgIpc) is 2.57. The molecule has 130 valence electrons. The average molecular weight is 348 g/mol. The van der Waals surface area contributed by atoms with Gasteiger partial charge < -0.3 is 14.8 Å². The maximum atomic E-state index is 6.17. The summed E-state index contributed by atoms with van der Waals surface area (Å²) < 4.78 is 11.3. The summed E-state index contributed by atoms with van der Waals surface area (Å²) in [4.78, 5) is 0. The van der Waals surface area contributed by atoms with Crippen molar-refractivity contribution in [2.45, 2.75) is 33.4 Å². The van der Waals surface area contributed by atoms with E-state index < -0.39 is 0 Å². The predicted octanol–water partition coefficient (Wildman–Crippen LogP) is 5.06. The van der Waals surface area contributed by atoms with Crippen molar-refractivity contribution in [3.8, 4) is 11.5 Å². The van der Waals surface area contributed by atoms with E-state index in [1.807, 2.05) is 36.4 Å². The quantitative estimate of drug-likeness (QED) is 0.687. The Labute approximate surface area is 149 Å². The molecule has 0 amide bonds. The Hall–Kier alpha value is -1.71. The zero-order chi connectivity index (χ0) is 17.4. The van der Waals surface area contributed by atoms with Gasteiger partial charge in [-0.2, -0.15) is 0 Å². The van der Waals surface area contributed by atoms with Crippen molar-refractivity contribution < 1.29 is 9.47 Å². The number of hydrogen-bond acceptors (Lipinski definition) is 3. The van der Waals surface area contributed by atoms with Crippen molar-refractivity contribution in [3.63, 3.8) is 0 Å². The van der Waals surface area contributed by atoms with Crippen molar-refractivity contribution in [2.24, 2.45) is 5.92 Å². The Morgan fingerprint density at radius 2 is 1.83 bits per heavy atom. The highest BCUT2D eigenvalue weighted by atomic mass is 35.5. The summed E-state index contributed by atoms with van der Waals surface area (Å²) in [6, 6.07) is 13.9. The van der Waals surface area contributed by atoms with E-state index in [1.165, 1.54) is 0 Å². The van der Waals surface area contributed by atoms with Gasteiger partial charge in [-0.15, -0.1) is 0 Å². The fourth-order valence-corrected chi connectivity index (χ4v) is 2.53. The van der Waals surface area contributed by atoms with Gasteiger partial charge in [0.2, 0.25) is 0 Å². The molecule has 0 aromatic heterocycles. The lowest BCUT2D eigenvalue weighted by atomic mass is 10.1. The van der Waals surface area contributed by atoms with Crippen LogP contribution in [0.2, 0.25) is 5.02 Å². The molecule has 2 aromatic rings. The fourth-order valence-electron chi connectivity index (χ4n) is 2.33. The first-order chi connectivity index (χ1) is 11.6. The van der Waals surface area contributed by atoms with E-state index in [2.05, 4.69) is 25.2 Å². The summed E-state index contributed by atoms with van der Waals surface area (Å²) in [6.07, 6.45) is 1.03. The number of ether oxygens (including phenoxy) is 2. The molecule has 0 aliphatic heterocycles. The van der Waals surface area contributed by atoms with Crippen molar-refractivity contribution >= 4 is 11.6 Å². The molecule has 0 aliphatic carbocycles. The van der Waals surface area contributed by atoms with Gasteiger partial charge in [0.1, 0.15) is 0 Å². The molecule has 0 bridgehead atoms. The molecule has 4 heteroatoms. The number of nitrogens with one attached hydrogen (secondary N) is 1. The van der Waals surface area contributed by atoms with E-state index >= 15 is 0 Å². The van der Waals surface area contributed by atoms with E-state index in [-0.39, 0.29) is 0 Å². The Balaban J connectivity index is 1.90. The molecular formula is C20H26ClNO2. The highest BCUT2D eigenvalue weighted by molar-refractivity contribution is 6.31. The number of benzene rings is 2. The molecule has 0 fully saturated rings. The molecule has 3 nitrogen and oxygen atoms in total. The second-order valence-electron chi connectivity index (χ2n) is 6.21. The number of rotatable bonds is 9. The second-order valence-corrected chi connectivity index (χ2v) is 6.62. The van der Waals surface area contributed by atoms with Gasteiger partial charge in [0.15, 0.2) is 11.5 Å². The Morgan fingerprint density at radius 3 is 2.54 bits per heavy atom. The number of hydrogen-bond donors (Lipinski definition) is 1. The van der Waals surface area contributed by atoms with E-state index in [0.29, 0.717) is 12.5 Å². The van der Waals surface area contributed by atoms with Crippen LogP contribution in [-0.4, -0.2) is 13.7 Å². The van der Waals surface area contributed by atoms with Crippen LogP contribution in [0.4, 0.5) is 0 Å². The third kappa shape index (κ3) is 5.73. The predicted molar refractivity (Wildman–Crippen MR) is 99.9 cm³/mol. The fraction of sp³-hybridized carbons (Fsp3) is 0.400. The number of methoxy groups -OCH3 is 1. The van der Waals surface area contributed by atoms with E-state index in [0.717, 1.165) is 47.2 Å². The SMILES string of the molecule is COc1cc(CNCc2ccccc2Cl)ccc1OCCC(C)C. The molecule has 2 rings (SSSR count). The zero-order valence-corrected chi connectivity index (χ0v) is 15.4. The van der Waals surface area contributed by atoms with Gasteiger partial charge in [0.05, 0.1) is 13.7 Å². The third-order valence-electron chi connectivity index (χ3n) is 3.78. The van der Waals surface area contributed by atoms with E-state index in [9.17, 15) is 0 Å². The molecule has 0 radical (unpaired) electrons. The molecule has 0 saturated heterocycles. The minimum absolute atomic E-state index is 0.629. The van der Waals surface area contributed by atoms with Crippen molar-refractivity contribution in [2.75, 3.05) is 13.7 Å². The summed E-state index contributed by atoms with van der Waals surface area (Å²) in [5, 5.41) is 4.20. The van der Waals surface area contributed by atoms with Crippen LogP contribution in [0, 0.1) is 5.92 Å². The number of halogens is 1. The first kappa shape index (κ1) is 18.6. The molecule has 2 aromatic carbocycles. The van der Waals surface area contributed by atoms with Gasteiger partial charge in [-0.1, -0.05) is 49.7 Å². The maximum Gasteiger partial charge on any atom is 0.161 e. The van der Waals surface area contributed by atoms with Crippen LogP contribution >= 0.6 is 11.6 Å². The van der Waals surface area contributed by atoms with Crippen molar-refractivity contribution in [1.29, 1.82) is 0 Å². The van der Waals surface area contributed by atoms with E-state index in [4.69, 9.17) is 21.1 Å². The van der Waals surface area contributed by atoms with Crippen LogP contribution in [0.3, 0.4) is 0 Å². The molecule has 1 N–H and O–H groups in total. The Bertz CT molecular complexity index is 643. The molecule has 0 atom stereocenters. The minimum atomic E-state index is 0.629. The highest BCUT2D eigenvalue weighted by Crippen LogP contribution is 2.28. The first-order valence-electron chi connectivity index (χ1n) is 8.34. The standard InChI is InChI=1S/C20H26ClNO2/c1-15(2)10-11-24-19-9-8-16(12-20(19)23-3)13-22-14-17-6-4-5-7-18(17)21/h4-9,12,15,22H,10-11,13-14H2,1-3H3. The molecule has 0 spiro atoms. The third-order valence-corrected chi connectivity index (χ3v) is 4.15. The van der Waals surface area contributed by atoms with Crippen LogP contribution in [0.25, 0.3) is 0 Å². The zero-order valence-electron chi connectivity index (χ0n) is 14.6. The highest BCUT2D eigenvalue weighted by Gasteiger charge is 2.07. The van der Waals surface area contributed by atoms with Crippen LogP contribution in [0.1, 0.15) is 31.4 Å². The Morgan fingerprint density at radius 1 is 1.04 bits per heavy atom. The lowest BCUT2D eigenvalue weighted by molar-refractivity contribution is 0.273. The summed E-state index contributed by atoms with van der Waals surface area (Å²) in [5.41, 5.74) is 2.25. The first-order valence-corrected chi connectivity index (χ1v) is 8.71. The monoisotopic (exact) mass is 347 g/mol. The normalized spacial score (nSPS) is 10.9. The lowest BCUT2D eigenvalue weighted by Gasteiger charge is -2.13. The maximum absolute atomic E-state index is 6.17. The molecular weight excluding hydrogens is 322 g/mol. The summed E-state index contributed by atoms with van der Waals surface area (Å²) in [6.45, 7) is 6.56. The molecule has 24 heavy (non-hydrogen) atoms. The molecule has 0 heterocycles.